The smallest absolute Gasteiger partial charge is 0.310 e. The molecule has 1 heterocycles. The van der Waals surface area contributed by atoms with Crippen LogP contribution in [0.2, 0.25) is 0 Å². The Bertz CT molecular complexity index is 313. The largest absolute Gasteiger partial charge is 0.460 e. The monoisotopic (exact) mass is 196 g/mol. The van der Waals surface area contributed by atoms with Crippen molar-refractivity contribution in [2.75, 3.05) is 0 Å². The van der Waals surface area contributed by atoms with E-state index in [-0.39, 0.29) is 23.9 Å². The highest BCUT2D eigenvalue weighted by molar-refractivity contribution is 5.77. The first-order valence-corrected chi connectivity index (χ1v) is 4.99. The number of esters is 1. The lowest BCUT2D eigenvalue weighted by atomic mass is 9.79. The zero-order valence-electron chi connectivity index (χ0n) is 7.93. The molecule has 4 heteroatoms. The Balaban J connectivity index is 1.99. The molecule has 0 aromatic heterocycles. The first-order chi connectivity index (χ1) is 6.66. The predicted molar refractivity (Wildman–Crippen MR) is 45.1 cm³/mol. The fourth-order valence-electron chi connectivity index (χ4n) is 3.63. The number of ether oxygens (including phenoxy) is 2. The van der Waals surface area contributed by atoms with Gasteiger partial charge in [-0.25, -0.2) is 0 Å². The number of fused-ring (bicyclic) bond motifs is 1. The molecule has 3 fully saturated rings. The average Bonchev–Trinajstić information content (AvgIpc) is 2.69. The van der Waals surface area contributed by atoms with E-state index in [1.807, 2.05) is 6.92 Å². The van der Waals surface area contributed by atoms with Crippen LogP contribution in [-0.2, 0) is 19.1 Å². The number of hydrogen-bond donors (Lipinski definition) is 0. The maximum Gasteiger partial charge on any atom is 0.310 e. The van der Waals surface area contributed by atoms with E-state index in [1.165, 1.54) is 0 Å². The van der Waals surface area contributed by atoms with Crippen molar-refractivity contribution in [3.63, 3.8) is 0 Å². The zero-order valence-corrected chi connectivity index (χ0v) is 7.93. The SMILES string of the molecule is CC12OC(=O)C3CC(CC31)C2OC=O. The lowest BCUT2D eigenvalue weighted by Gasteiger charge is -2.32. The van der Waals surface area contributed by atoms with Gasteiger partial charge < -0.3 is 9.47 Å². The Kier molecular flexibility index (Phi) is 1.36. The highest BCUT2D eigenvalue weighted by atomic mass is 16.6. The highest BCUT2D eigenvalue weighted by Gasteiger charge is 2.69. The van der Waals surface area contributed by atoms with Gasteiger partial charge in [-0.1, -0.05) is 0 Å². The standard InChI is InChI=1S/C10H12O4/c1-10-7-3-5(8(10)13-4-11)2-6(7)9(12)14-10/h4-8H,2-3H2,1H3. The molecule has 4 nitrogen and oxygen atoms in total. The molecule has 1 saturated heterocycles. The van der Waals surface area contributed by atoms with Gasteiger partial charge in [-0.05, 0) is 19.8 Å². The van der Waals surface area contributed by atoms with Crippen molar-refractivity contribution in [2.24, 2.45) is 17.8 Å². The summed E-state index contributed by atoms with van der Waals surface area (Å²) in [5.74, 6) is 0.560. The minimum Gasteiger partial charge on any atom is -0.460 e. The third-order valence-corrected chi connectivity index (χ3v) is 4.15. The van der Waals surface area contributed by atoms with Crippen LogP contribution in [0.3, 0.4) is 0 Å². The molecule has 1 aliphatic heterocycles. The normalized spacial score (nSPS) is 53.4. The molecule has 0 aromatic carbocycles. The molecule has 0 spiro atoms. The molecule has 3 rings (SSSR count). The van der Waals surface area contributed by atoms with Gasteiger partial charge in [0.25, 0.3) is 6.47 Å². The van der Waals surface area contributed by atoms with Gasteiger partial charge in [0.05, 0.1) is 5.92 Å². The van der Waals surface area contributed by atoms with Crippen LogP contribution in [0.15, 0.2) is 0 Å². The van der Waals surface area contributed by atoms with Crippen molar-refractivity contribution in [3.8, 4) is 0 Å². The highest BCUT2D eigenvalue weighted by Crippen LogP contribution is 2.60. The number of carbonyl (C=O) groups is 2. The van der Waals surface area contributed by atoms with Gasteiger partial charge in [-0.2, -0.15) is 0 Å². The van der Waals surface area contributed by atoms with E-state index in [0.717, 1.165) is 12.8 Å². The fourth-order valence-corrected chi connectivity index (χ4v) is 3.63. The van der Waals surface area contributed by atoms with Gasteiger partial charge in [0, 0.05) is 11.8 Å². The Morgan fingerprint density at radius 1 is 1.57 bits per heavy atom. The van der Waals surface area contributed by atoms with Gasteiger partial charge >= 0.3 is 5.97 Å². The fraction of sp³-hybridized carbons (Fsp3) is 0.800. The van der Waals surface area contributed by atoms with Crippen LogP contribution in [0.1, 0.15) is 19.8 Å². The second kappa shape index (κ2) is 2.30. The van der Waals surface area contributed by atoms with Crippen LogP contribution >= 0.6 is 0 Å². The first kappa shape index (κ1) is 8.26. The van der Waals surface area contributed by atoms with Crippen LogP contribution in [0.25, 0.3) is 0 Å². The van der Waals surface area contributed by atoms with Crippen molar-refractivity contribution in [1.29, 1.82) is 0 Å². The topological polar surface area (TPSA) is 52.6 Å². The van der Waals surface area contributed by atoms with E-state index >= 15 is 0 Å². The molecule has 3 aliphatic rings. The third kappa shape index (κ3) is 0.713. The van der Waals surface area contributed by atoms with Crippen molar-refractivity contribution < 1.29 is 19.1 Å². The first-order valence-electron chi connectivity index (χ1n) is 4.99. The van der Waals surface area contributed by atoms with Gasteiger partial charge in [0.2, 0.25) is 0 Å². The Hall–Kier alpha value is -1.06. The Morgan fingerprint density at radius 2 is 2.36 bits per heavy atom. The number of rotatable bonds is 2. The van der Waals surface area contributed by atoms with Crippen molar-refractivity contribution in [3.05, 3.63) is 0 Å². The van der Waals surface area contributed by atoms with Crippen molar-refractivity contribution in [1.82, 2.24) is 0 Å². The van der Waals surface area contributed by atoms with E-state index in [1.54, 1.807) is 0 Å². The third-order valence-electron chi connectivity index (χ3n) is 4.15. The summed E-state index contributed by atoms with van der Waals surface area (Å²) < 4.78 is 10.4. The lowest BCUT2D eigenvalue weighted by molar-refractivity contribution is -0.165. The van der Waals surface area contributed by atoms with Gasteiger partial charge in [-0.15, -0.1) is 0 Å². The molecule has 2 aliphatic carbocycles. The van der Waals surface area contributed by atoms with Crippen LogP contribution in [-0.4, -0.2) is 24.1 Å². The molecule has 0 aromatic rings. The van der Waals surface area contributed by atoms with Crippen LogP contribution in [0.4, 0.5) is 0 Å². The molecule has 0 amide bonds. The van der Waals surface area contributed by atoms with Gasteiger partial charge in [-0.3, -0.25) is 9.59 Å². The Labute approximate surface area is 81.6 Å². The molecular weight excluding hydrogens is 184 g/mol. The molecular formula is C10H12O4. The van der Waals surface area contributed by atoms with Crippen LogP contribution in [0.5, 0.6) is 0 Å². The summed E-state index contributed by atoms with van der Waals surface area (Å²) in [5, 5.41) is 0. The minimum absolute atomic E-state index is 0.0662. The lowest BCUT2D eigenvalue weighted by Crippen LogP contribution is -2.45. The molecule has 2 bridgehead atoms. The van der Waals surface area contributed by atoms with Crippen molar-refractivity contribution in [2.45, 2.75) is 31.5 Å². The van der Waals surface area contributed by atoms with E-state index in [0.29, 0.717) is 12.4 Å². The zero-order chi connectivity index (χ0) is 9.92. The molecule has 5 atom stereocenters. The van der Waals surface area contributed by atoms with Crippen LogP contribution in [0, 0.1) is 17.8 Å². The van der Waals surface area contributed by atoms with Gasteiger partial charge in [0.1, 0.15) is 11.7 Å². The van der Waals surface area contributed by atoms with Crippen molar-refractivity contribution >= 4 is 12.4 Å². The Morgan fingerprint density at radius 3 is 3.07 bits per heavy atom. The molecule has 76 valence electrons. The van der Waals surface area contributed by atoms with E-state index < -0.39 is 5.60 Å². The van der Waals surface area contributed by atoms with Crippen LogP contribution < -0.4 is 0 Å². The molecule has 14 heavy (non-hydrogen) atoms. The number of carbonyl (C=O) groups excluding carboxylic acids is 2. The summed E-state index contributed by atoms with van der Waals surface area (Å²) in [6, 6.07) is 0. The quantitative estimate of drug-likeness (QED) is 0.476. The summed E-state index contributed by atoms with van der Waals surface area (Å²) in [5.41, 5.74) is -0.536. The predicted octanol–water partition coefficient (Wildman–Crippen LogP) is 0.500. The summed E-state index contributed by atoms with van der Waals surface area (Å²) >= 11 is 0. The average molecular weight is 196 g/mol. The van der Waals surface area contributed by atoms with E-state index in [4.69, 9.17) is 9.47 Å². The maximum absolute atomic E-state index is 11.5. The van der Waals surface area contributed by atoms with E-state index in [2.05, 4.69) is 0 Å². The second-order valence-corrected chi connectivity index (χ2v) is 4.70. The summed E-state index contributed by atoms with van der Waals surface area (Å²) in [7, 11) is 0. The summed E-state index contributed by atoms with van der Waals surface area (Å²) in [6.07, 6.45) is 1.58. The summed E-state index contributed by atoms with van der Waals surface area (Å²) in [6.45, 7) is 2.36. The number of hydrogen-bond acceptors (Lipinski definition) is 4. The van der Waals surface area contributed by atoms with Gasteiger partial charge in [0.15, 0.2) is 0 Å². The molecule has 2 saturated carbocycles. The second-order valence-electron chi connectivity index (χ2n) is 4.70. The summed E-state index contributed by atoms with van der Waals surface area (Å²) in [4.78, 5) is 21.9. The molecule has 0 N–H and O–H groups in total. The van der Waals surface area contributed by atoms with E-state index in [9.17, 15) is 9.59 Å². The molecule has 5 unspecified atom stereocenters. The maximum atomic E-state index is 11.5. The molecule has 0 radical (unpaired) electrons. The minimum atomic E-state index is -0.536.